The summed E-state index contributed by atoms with van der Waals surface area (Å²) in [6.07, 6.45) is 0. The van der Waals surface area contributed by atoms with E-state index in [9.17, 15) is 14.7 Å². The van der Waals surface area contributed by atoms with Crippen LogP contribution in [0, 0.1) is 0 Å². The Morgan fingerprint density at radius 2 is 1.73 bits per heavy atom. The molecule has 6 nitrogen and oxygen atoms in total. The molecule has 2 heterocycles. The molecule has 1 amide bonds. The molecule has 3 aromatic carbocycles. The lowest BCUT2D eigenvalue weighted by molar-refractivity contribution is 0.0699. The number of fused-ring (bicyclic) bond motifs is 2. The Labute approximate surface area is 174 Å². The summed E-state index contributed by atoms with van der Waals surface area (Å²) in [5.74, 6) is -1.84. The highest BCUT2D eigenvalue weighted by Crippen LogP contribution is 2.37. The highest BCUT2D eigenvalue weighted by atomic mass is 32.1. The molecule has 0 bridgehead atoms. The van der Waals surface area contributed by atoms with E-state index in [0.717, 1.165) is 16.3 Å². The molecule has 5 aromatic rings. The van der Waals surface area contributed by atoms with Gasteiger partial charge in [-0.15, -0.1) is 11.3 Å². The SMILES string of the molecule is O=C(Nc1csc(-c2ccc3ccccc3c2)c1C(=O)O)c1nc2ccccc2o1. The van der Waals surface area contributed by atoms with Crippen LogP contribution in [0.2, 0.25) is 0 Å². The monoisotopic (exact) mass is 414 g/mol. The third kappa shape index (κ3) is 3.11. The highest BCUT2D eigenvalue weighted by molar-refractivity contribution is 7.14. The number of amides is 1. The molecule has 0 spiro atoms. The quantitative estimate of drug-likeness (QED) is 0.396. The smallest absolute Gasteiger partial charge is 0.339 e. The Kier molecular flexibility index (Phi) is 4.30. The van der Waals surface area contributed by atoms with Gasteiger partial charge in [0.05, 0.1) is 10.6 Å². The zero-order chi connectivity index (χ0) is 20.7. The summed E-state index contributed by atoms with van der Waals surface area (Å²) in [6.45, 7) is 0. The van der Waals surface area contributed by atoms with Crippen molar-refractivity contribution in [3.05, 3.63) is 83.6 Å². The molecule has 2 N–H and O–H groups in total. The molecule has 0 fully saturated rings. The molecule has 0 atom stereocenters. The fraction of sp³-hybridized carbons (Fsp3) is 0. The summed E-state index contributed by atoms with van der Waals surface area (Å²) >= 11 is 1.26. The van der Waals surface area contributed by atoms with Crippen LogP contribution >= 0.6 is 11.3 Å². The Balaban J connectivity index is 1.52. The van der Waals surface area contributed by atoms with Gasteiger partial charge in [-0.1, -0.05) is 48.5 Å². The average Bonchev–Trinajstić information content (AvgIpc) is 3.37. The number of carbonyl (C=O) groups excluding carboxylic acids is 1. The van der Waals surface area contributed by atoms with Gasteiger partial charge in [0.25, 0.3) is 5.89 Å². The lowest BCUT2D eigenvalue weighted by atomic mass is 10.0. The topological polar surface area (TPSA) is 92.4 Å². The van der Waals surface area contributed by atoms with Gasteiger partial charge >= 0.3 is 11.9 Å². The van der Waals surface area contributed by atoms with Crippen LogP contribution in [-0.4, -0.2) is 22.0 Å². The number of thiophene rings is 1. The minimum Gasteiger partial charge on any atom is -0.478 e. The first kappa shape index (κ1) is 18.1. The summed E-state index contributed by atoms with van der Waals surface area (Å²) in [5, 5.41) is 16.2. The summed E-state index contributed by atoms with van der Waals surface area (Å²) in [7, 11) is 0. The fourth-order valence-corrected chi connectivity index (χ4v) is 4.34. The molecule has 30 heavy (non-hydrogen) atoms. The standard InChI is InChI=1S/C23H14N2O4S/c26-21(22-25-16-7-3-4-8-18(16)29-22)24-17-12-30-20(19(17)23(27)28)15-10-9-13-5-1-2-6-14(13)11-15/h1-12H,(H,24,26)(H,27,28). The number of nitrogens with zero attached hydrogens (tertiary/aromatic N) is 1. The minimum atomic E-state index is -1.12. The first-order valence-corrected chi connectivity index (χ1v) is 9.99. The number of para-hydroxylation sites is 2. The van der Waals surface area contributed by atoms with Gasteiger partial charge in [-0.25, -0.2) is 9.78 Å². The van der Waals surface area contributed by atoms with Crippen LogP contribution in [0.1, 0.15) is 21.0 Å². The maximum absolute atomic E-state index is 12.6. The molecular weight excluding hydrogens is 400 g/mol. The number of anilines is 1. The van der Waals surface area contributed by atoms with E-state index in [0.29, 0.717) is 16.0 Å². The van der Waals surface area contributed by atoms with Crippen LogP contribution in [0.3, 0.4) is 0 Å². The van der Waals surface area contributed by atoms with Crippen molar-refractivity contribution >= 4 is 50.8 Å². The number of aromatic carboxylic acids is 1. The Morgan fingerprint density at radius 1 is 0.967 bits per heavy atom. The second-order valence-corrected chi connectivity index (χ2v) is 7.54. The van der Waals surface area contributed by atoms with Crippen LogP contribution in [0.15, 0.2) is 76.5 Å². The molecule has 0 saturated carbocycles. The minimum absolute atomic E-state index is 0.0414. The Bertz CT molecular complexity index is 1400. The Morgan fingerprint density at radius 3 is 2.53 bits per heavy atom. The summed E-state index contributed by atoms with van der Waals surface area (Å²) in [5.41, 5.74) is 2.08. The second kappa shape index (κ2) is 7.13. The van der Waals surface area contributed by atoms with Crippen molar-refractivity contribution in [1.82, 2.24) is 4.98 Å². The number of nitrogens with one attached hydrogen (secondary N) is 1. The van der Waals surface area contributed by atoms with Crippen molar-refractivity contribution in [2.75, 3.05) is 5.32 Å². The largest absolute Gasteiger partial charge is 0.478 e. The zero-order valence-corrected chi connectivity index (χ0v) is 16.3. The van der Waals surface area contributed by atoms with Crippen LogP contribution in [0.5, 0.6) is 0 Å². The molecule has 0 saturated heterocycles. The molecule has 7 heteroatoms. The molecule has 0 radical (unpaired) electrons. The van der Waals surface area contributed by atoms with E-state index < -0.39 is 11.9 Å². The van der Waals surface area contributed by atoms with E-state index in [2.05, 4.69) is 10.3 Å². The van der Waals surface area contributed by atoms with Gasteiger partial charge in [-0.3, -0.25) is 4.79 Å². The third-order valence-electron chi connectivity index (χ3n) is 4.75. The molecular formula is C23H14N2O4S. The van der Waals surface area contributed by atoms with Crippen LogP contribution < -0.4 is 5.32 Å². The van der Waals surface area contributed by atoms with Gasteiger partial charge in [0, 0.05) is 5.38 Å². The summed E-state index contributed by atoms with van der Waals surface area (Å²) in [4.78, 5) is 29.4. The zero-order valence-electron chi connectivity index (χ0n) is 15.5. The number of aromatic nitrogens is 1. The number of hydrogen-bond acceptors (Lipinski definition) is 5. The Hall–Kier alpha value is -3.97. The molecule has 0 aliphatic rings. The maximum Gasteiger partial charge on any atom is 0.339 e. The van der Waals surface area contributed by atoms with E-state index >= 15 is 0 Å². The predicted molar refractivity (Wildman–Crippen MR) is 116 cm³/mol. The average molecular weight is 414 g/mol. The normalized spacial score (nSPS) is 11.1. The van der Waals surface area contributed by atoms with Crippen molar-refractivity contribution in [3.8, 4) is 10.4 Å². The van der Waals surface area contributed by atoms with Crippen molar-refractivity contribution in [3.63, 3.8) is 0 Å². The molecule has 0 unspecified atom stereocenters. The van der Waals surface area contributed by atoms with Crippen molar-refractivity contribution in [1.29, 1.82) is 0 Å². The van der Waals surface area contributed by atoms with E-state index in [1.165, 1.54) is 11.3 Å². The lowest BCUT2D eigenvalue weighted by Gasteiger charge is -2.06. The van der Waals surface area contributed by atoms with Gasteiger partial charge in [-0.2, -0.15) is 0 Å². The first-order chi connectivity index (χ1) is 14.6. The number of carbonyl (C=O) groups is 2. The number of rotatable bonds is 4. The molecule has 146 valence electrons. The lowest BCUT2D eigenvalue weighted by Crippen LogP contribution is -2.14. The van der Waals surface area contributed by atoms with Crippen molar-refractivity contribution in [2.45, 2.75) is 0 Å². The molecule has 0 aliphatic heterocycles. The number of oxazole rings is 1. The maximum atomic E-state index is 12.6. The number of carboxylic acids is 1. The first-order valence-electron chi connectivity index (χ1n) is 9.11. The molecule has 0 aliphatic carbocycles. The second-order valence-electron chi connectivity index (χ2n) is 6.66. The van der Waals surface area contributed by atoms with Gasteiger partial charge in [0.1, 0.15) is 11.1 Å². The van der Waals surface area contributed by atoms with Gasteiger partial charge < -0.3 is 14.8 Å². The van der Waals surface area contributed by atoms with Gasteiger partial charge in [0.15, 0.2) is 5.58 Å². The van der Waals surface area contributed by atoms with E-state index in [1.807, 2.05) is 42.5 Å². The van der Waals surface area contributed by atoms with Crippen molar-refractivity contribution < 1.29 is 19.1 Å². The fourth-order valence-electron chi connectivity index (χ4n) is 3.35. The van der Waals surface area contributed by atoms with Crippen molar-refractivity contribution in [2.24, 2.45) is 0 Å². The molecule has 2 aromatic heterocycles. The number of carboxylic acid groups (broad SMARTS) is 1. The molecule has 5 rings (SSSR count). The van der Waals surface area contributed by atoms with E-state index in [1.54, 1.807) is 29.6 Å². The van der Waals surface area contributed by atoms with Crippen LogP contribution in [0.25, 0.3) is 32.3 Å². The van der Waals surface area contributed by atoms with Gasteiger partial charge in [-0.05, 0) is 34.5 Å². The third-order valence-corrected chi connectivity index (χ3v) is 5.78. The summed E-state index contributed by atoms with van der Waals surface area (Å²) in [6, 6.07) is 20.7. The van der Waals surface area contributed by atoms with Gasteiger partial charge in [0.2, 0.25) is 0 Å². The van der Waals surface area contributed by atoms with E-state index in [-0.39, 0.29) is 17.1 Å². The predicted octanol–water partition coefficient (Wildman–Crippen LogP) is 5.66. The van der Waals surface area contributed by atoms with Crippen LogP contribution in [-0.2, 0) is 0 Å². The highest BCUT2D eigenvalue weighted by Gasteiger charge is 2.23. The van der Waals surface area contributed by atoms with Crippen LogP contribution in [0.4, 0.5) is 5.69 Å². The summed E-state index contributed by atoms with van der Waals surface area (Å²) < 4.78 is 5.47. The number of benzene rings is 3. The van der Waals surface area contributed by atoms with E-state index in [4.69, 9.17) is 4.42 Å². The number of hydrogen-bond donors (Lipinski definition) is 2.